The minimum Gasteiger partial charge on any atom is -0.345 e. The Hall–Kier alpha value is -2.79. The lowest BCUT2D eigenvalue weighted by Gasteiger charge is -2.20. The summed E-state index contributed by atoms with van der Waals surface area (Å²) in [5.74, 6) is 0. The molecule has 0 fully saturated rings. The second kappa shape index (κ2) is 7.28. The molecule has 0 aliphatic carbocycles. The van der Waals surface area contributed by atoms with Gasteiger partial charge in [-0.05, 0) is 47.2 Å². The minimum absolute atomic E-state index is 0.681. The van der Waals surface area contributed by atoms with Crippen molar-refractivity contribution >= 4 is 22.1 Å². The van der Waals surface area contributed by atoms with Crippen LogP contribution in [0.15, 0.2) is 66.7 Å². The molecular weight excluding hydrogens is 268 g/mol. The zero-order valence-corrected chi connectivity index (χ0v) is 13.2. The number of rotatable bonds is 2. The molecule has 2 heteroatoms. The van der Waals surface area contributed by atoms with Crippen molar-refractivity contribution in [2.75, 3.05) is 11.9 Å². The molecule has 0 aliphatic heterocycles. The highest BCUT2D eigenvalue weighted by Crippen LogP contribution is 2.27. The normalized spacial score (nSPS) is 9.55. The number of hydrogen-bond donors (Lipinski definition) is 0. The van der Waals surface area contributed by atoms with Crippen LogP contribution in [-0.2, 0) is 0 Å². The van der Waals surface area contributed by atoms with Crippen LogP contribution in [0.3, 0.4) is 0 Å². The summed E-state index contributed by atoms with van der Waals surface area (Å²) in [6, 6.07) is 24.5. The van der Waals surface area contributed by atoms with Crippen molar-refractivity contribution in [2.45, 2.75) is 13.8 Å². The molecule has 3 rings (SSSR count). The number of fused-ring (bicyclic) bond motifs is 1. The maximum atomic E-state index is 8.84. The van der Waals surface area contributed by atoms with Crippen LogP contribution in [0.5, 0.6) is 0 Å². The standard InChI is InChI=1S/C18H14N2.C2H6/c1-20(17-9-6-14(13-19)7-10-17)18-11-8-15-4-2-3-5-16(15)12-18;1-2/h2-12H,1H3;1-2H3. The second-order valence-corrected chi connectivity index (χ2v) is 4.75. The van der Waals surface area contributed by atoms with E-state index in [1.165, 1.54) is 10.8 Å². The highest BCUT2D eigenvalue weighted by molar-refractivity contribution is 5.86. The molecule has 0 amide bonds. The minimum atomic E-state index is 0.681. The predicted octanol–water partition coefficient (Wildman–Crippen LogP) is 5.51. The molecule has 0 bridgehead atoms. The molecule has 2 nitrogen and oxygen atoms in total. The molecule has 0 unspecified atom stereocenters. The van der Waals surface area contributed by atoms with Crippen LogP contribution in [0.4, 0.5) is 11.4 Å². The fourth-order valence-corrected chi connectivity index (χ4v) is 2.29. The molecule has 0 spiro atoms. The van der Waals surface area contributed by atoms with E-state index in [1.54, 1.807) is 0 Å². The number of hydrogen-bond acceptors (Lipinski definition) is 2. The Labute approximate surface area is 132 Å². The zero-order chi connectivity index (χ0) is 15.9. The SMILES string of the molecule is CC.CN(c1ccc(C#N)cc1)c1ccc2ccccc2c1. The fourth-order valence-electron chi connectivity index (χ4n) is 2.29. The van der Waals surface area contributed by atoms with Crippen molar-refractivity contribution < 1.29 is 0 Å². The highest BCUT2D eigenvalue weighted by atomic mass is 15.1. The summed E-state index contributed by atoms with van der Waals surface area (Å²) in [5, 5.41) is 11.3. The molecule has 0 atom stereocenters. The average molecular weight is 288 g/mol. The van der Waals surface area contributed by atoms with Gasteiger partial charge in [0.1, 0.15) is 0 Å². The average Bonchev–Trinajstić information content (AvgIpc) is 2.62. The maximum absolute atomic E-state index is 8.84. The third kappa shape index (κ3) is 3.27. The van der Waals surface area contributed by atoms with E-state index in [0.29, 0.717) is 5.56 Å². The summed E-state index contributed by atoms with van der Waals surface area (Å²) < 4.78 is 0. The first kappa shape index (κ1) is 15.6. The number of benzene rings is 3. The topological polar surface area (TPSA) is 27.0 Å². The van der Waals surface area contributed by atoms with Crippen LogP contribution >= 0.6 is 0 Å². The van der Waals surface area contributed by atoms with E-state index in [9.17, 15) is 0 Å². The molecule has 0 saturated carbocycles. The monoisotopic (exact) mass is 288 g/mol. The Morgan fingerprint density at radius 1 is 0.773 bits per heavy atom. The van der Waals surface area contributed by atoms with Crippen molar-refractivity contribution in [3.8, 4) is 6.07 Å². The van der Waals surface area contributed by atoms with Crippen LogP contribution in [0.25, 0.3) is 10.8 Å². The molecule has 110 valence electrons. The molecule has 0 N–H and O–H groups in total. The van der Waals surface area contributed by atoms with E-state index in [4.69, 9.17) is 5.26 Å². The van der Waals surface area contributed by atoms with Gasteiger partial charge in [0.15, 0.2) is 0 Å². The Morgan fingerprint density at radius 2 is 1.36 bits per heavy atom. The third-order valence-electron chi connectivity index (χ3n) is 3.50. The summed E-state index contributed by atoms with van der Waals surface area (Å²) in [6.45, 7) is 4.00. The van der Waals surface area contributed by atoms with E-state index in [-0.39, 0.29) is 0 Å². The van der Waals surface area contributed by atoms with Gasteiger partial charge in [-0.1, -0.05) is 44.2 Å². The van der Waals surface area contributed by atoms with Crippen molar-refractivity contribution in [3.05, 3.63) is 72.3 Å². The van der Waals surface area contributed by atoms with Crippen LogP contribution in [0, 0.1) is 11.3 Å². The molecule has 22 heavy (non-hydrogen) atoms. The van der Waals surface area contributed by atoms with E-state index < -0.39 is 0 Å². The summed E-state index contributed by atoms with van der Waals surface area (Å²) in [4.78, 5) is 2.12. The number of nitriles is 1. The Balaban J connectivity index is 0.000000847. The van der Waals surface area contributed by atoms with E-state index >= 15 is 0 Å². The summed E-state index contributed by atoms with van der Waals surface area (Å²) >= 11 is 0. The van der Waals surface area contributed by atoms with Crippen LogP contribution in [0.1, 0.15) is 19.4 Å². The third-order valence-corrected chi connectivity index (χ3v) is 3.50. The Bertz CT molecular complexity index is 783. The lowest BCUT2D eigenvalue weighted by atomic mass is 10.1. The molecular formula is C20H20N2. The molecule has 3 aromatic carbocycles. The second-order valence-electron chi connectivity index (χ2n) is 4.75. The molecule has 0 heterocycles. The van der Waals surface area contributed by atoms with Gasteiger partial charge in [-0.3, -0.25) is 0 Å². The largest absolute Gasteiger partial charge is 0.345 e. The summed E-state index contributed by atoms with van der Waals surface area (Å²) in [5.41, 5.74) is 2.88. The lowest BCUT2D eigenvalue weighted by molar-refractivity contribution is 1.21. The van der Waals surface area contributed by atoms with E-state index in [2.05, 4.69) is 41.3 Å². The van der Waals surface area contributed by atoms with Gasteiger partial charge >= 0.3 is 0 Å². The number of nitrogens with zero attached hydrogens (tertiary/aromatic N) is 2. The first-order chi connectivity index (χ1) is 10.8. The Kier molecular flexibility index (Phi) is 5.16. The Morgan fingerprint density at radius 3 is 2.00 bits per heavy atom. The van der Waals surface area contributed by atoms with Gasteiger partial charge in [0, 0.05) is 18.4 Å². The summed E-state index contributed by atoms with van der Waals surface area (Å²) in [7, 11) is 2.03. The number of anilines is 2. The van der Waals surface area contributed by atoms with Crippen molar-refractivity contribution in [1.82, 2.24) is 0 Å². The van der Waals surface area contributed by atoms with E-state index in [1.807, 2.05) is 57.3 Å². The first-order valence-electron chi connectivity index (χ1n) is 7.50. The van der Waals surface area contributed by atoms with Gasteiger partial charge in [0.25, 0.3) is 0 Å². The van der Waals surface area contributed by atoms with Crippen LogP contribution in [0.2, 0.25) is 0 Å². The summed E-state index contributed by atoms with van der Waals surface area (Å²) in [6.07, 6.45) is 0. The van der Waals surface area contributed by atoms with Crippen LogP contribution < -0.4 is 4.90 Å². The van der Waals surface area contributed by atoms with Gasteiger partial charge in [0.05, 0.1) is 11.6 Å². The molecule has 0 saturated heterocycles. The van der Waals surface area contributed by atoms with Crippen molar-refractivity contribution in [2.24, 2.45) is 0 Å². The quantitative estimate of drug-likeness (QED) is 0.622. The molecule has 0 aromatic heterocycles. The lowest BCUT2D eigenvalue weighted by Crippen LogP contribution is -2.09. The highest BCUT2D eigenvalue weighted by Gasteiger charge is 2.04. The van der Waals surface area contributed by atoms with Crippen molar-refractivity contribution in [3.63, 3.8) is 0 Å². The molecule has 3 aromatic rings. The van der Waals surface area contributed by atoms with Gasteiger partial charge in [-0.15, -0.1) is 0 Å². The van der Waals surface area contributed by atoms with E-state index in [0.717, 1.165) is 11.4 Å². The van der Waals surface area contributed by atoms with Crippen LogP contribution in [-0.4, -0.2) is 7.05 Å². The first-order valence-corrected chi connectivity index (χ1v) is 7.50. The molecule has 0 aliphatic rings. The van der Waals surface area contributed by atoms with Crippen molar-refractivity contribution in [1.29, 1.82) is 5.26 Å². The fraction of sp³-hybridized carbons (Fsp3) is 0.150. The predicted molar refractivity (Wildman–Crippen MR) is 94.5 cm³/mol. The van der Waals surface area contributed by atoms with Gasteiger partial charge in [-0.25, -0.2) is 0 Å². The van der Waals surface area contributed by atoms with Gasteiger partial charge < -0.3 is 4.90 Å². The zero-order valence-electron chi connectivity index (χ0n) is 13.2. The smallest absolute Gasteiger partial charge is 0.0991 e. The molecule has 0 radical (unpaired) electrons. The van der Waals surface area contributed by atoms with Gasteiger partial charge in [0.2, 0.25) is 0 Å². The van der Waals surface area contributed by atoms with Gasteiger partial charge in [-0.2, -0.15) is 5.26 Å². The maximum Gasteiger partial charge on any atom is 0.0991 e.